The average Bonchev–Trinajstić information content (AvgIpc) is 1.85. The largest absolute Gasteiger partial charge is 0.466 e. The summed E-state index contributed by atoms with van der Waals surface area (Å²) in [5, 5.41) is -2.16. The van der Waals surface area contributed by atoms with E-state index >= 15 is 0 Å². The van der Waals surface area contributed by atoms with E-state index in [-0.39, 0.29) is 6.61 Å². The lowest BCUT2D eigenvalue weighted by Gasteiger charge is -2.11. The third kappa shape index (κ3) is 4.43. The number of halogens is 4. The van der Waals surface area contributed by atoms with E-state index in [0.717, 1.165) is 0 Å². The topological polar surface area (TPSA) is 26.3 Å². The van der Waals surface area contributed by atoms with E-state index < -0.39 is 23.9 Å². The molecule has 0 amide bonds. The van der Waals surface area contributed by atoms with Crippen LogP contribution in [0, 0.1) is 0 Å². The van der Waals surface area contributed by atoms with Crippen molar-refractivity contribution in [3.05, 3.63) is 0 Å². The lowest BCUT2D eigenvalue weighted by Crippen LogP contribution is -2.26. The Morgan fingerprint density at radius 2 is 2.08 bits per heavy atom. The molecule has 0 N–H and O–H groups in total. The Kier molecular flexibility index (Phi) is 4.37. The van der Waals surface area contributed by atoms with Crippen molar-refractivity contribution in [1.82, 2.24) is 0 Å². The molecule has 1 unspecified atom stereocenters. The first kappa shape index (κ1) is 11.6. The summed E-state index contributed by atoms with van der Waals surface area (Å²) in [6.07, 6.45) is -5.38. The van der Waals surface area contributed by atoms with Crippen LogP contribution in [0.3, 0.4) is 0 Å². The summed E-state index contributed by atoms with van der Waals surface area (Å²) in [6.45, 7) is 1.56. The predicted molar refractivity (Wildman–Crippen MR) is 36.9 cm³/mol. The summed E-state index contributed by atoms with van der Waals surface area (Å²) in [7, 11) is 0. The van der Waals surface area contributed by atoms with Gasteiger partial charge in [-0.05, 0) is 6.92 Å². The molecule has 0 aliphatic heterocycles. The van der Waals surface area contributed by atoms with Gasteiger partial charge in [-0.15, -0.1) is 11.6 Å². The summed E-state index contributed by atoms with van der Waals surface area (Å²) in [6, 6.07) is 0. The van der Waals surface area contributed by atoms with E-state index in [1.807, 2.05) is 0 Å². The van der Waals surface area contributed by atoms with Gasteiger partial charge in [0.1, 0.15) is 5.38 Å². The smallest absolute Gasteiger partial charge is 0.405 e. The van der Waals surface area contributed by atoms with E-state index in [1.54, 1.807) is 0 Å². The van der Waals surface area contributed by atoms with Crippen LogP contribution < -0.4 is 0 Å². The van der Waals surface area contributed by atoms with E-state index in [1.165, 1.54) is 6.92 Å². The molecule has 0 aliphatic carbocycles. The zero-order valence-corrected chi connectivity index (χ0v) is 7.08. The molecule has 0 aromatic rings. The molecule has 0 spiro atoms. The van der Waals surface area contributed by atoms with Gasteiger partial charge in [0.2, 0.25) is 0 Å². The number of rotatable bonds is 3. The normalized spacial score (nSPS) is 14.1. The molecule has 0 radical (unpaired) electrons. The van der Waals surface area contributed by atoms with Crippen molar-refractivity contribution in [2.24, 2.45) is 0 Å². The molecular formula is C6H8ClF3O2. The maximum atomic E-state index is 11.7. The quantitative estimate of drug-likeness (QED) is 0.520. The minimum absolute atomic E-state index is 0.0559. The molecule has 0 aliphatic rings. The molecule has 0 aromatic heterocycles. The van der Waals surface area contributed by atoms with Crippen LogP contribution in [0.5, 0.6) is 0 Å². The summed E-state index contributed by atoms with van der Waals surface area (Å²) in [5.41, 5.74) is 0. The Balaban J connectivity index is 3.84. The van der Waals surface area contributed by atoms with Crippen LogP contribution >= 0.6 is 11.6 Å². The predicted octanol–water partition coefficient (Wildman–Crippen LogP) is 2.11. The highest BCUT2D eigenvalue weighted by molar-refractivity contribution is 6.22. The van der Waals surface area contributed by atoms with Crippen LogP contribution in [0.2, 0.25) is 0 Å². The second-order valence-electron chi connectivity index (χ2n) is 2.02. The molecule has 72 valence electrons. The van der Waals surface area contributed by atoms with Gasteiger partial charge < -0.3 is 4.74 Å². The second kappa shape index (κ2) is 4.54. The molecule has 0 saturated heterocycles. The fourth-order valence-corrected chi connectivity index (χ4v) is 0.608. The number of carbonyl (C=O) groups is 1. The molecule has 0 saturated carbocycles. The number of alkyl halides is 4. The first-order chi connectivity index (χ1) is 5.38. The summed E-state index contributed by atoms with van der Waals surface area (Å²) in [5.74, 6) is -0.935. The Labute approximate surface area is 72.6 Å². The number of hydrogen-bond acceptors (Lipinski definition) is 2. The van der Waals surface area contributed by atoms with E-state index in [2.05, 4.69) is 4.74 Å². The zero-order valence-electron chi connectivity index (χ0n) is 6.32. The van der Waals surface area contributed by atoms with Crippen molar-refractivity contribution in [1.29, 1.82) is 0 Å². The molecule has 0 fully saturated rings. The highest BCUT2D eigenvalue weighted by atomic mass is 35.5. The van der Waals surface area contributed by atoms with Gasteiger partial charge in [-0.1, -0.05) is 0 Å². The van der Waals surface area contributed by atoms with Crippen LogP contribution in [0.15, 0.2) is 0 Å². The maximum Gasteiger partial charge on any atom is 0.405 e. The lowest BCUT2D eigenvalue weighted by atomic mass is 10.3. The van der Waals surface area contributed by atoms with Gasteiger partial charge in [-0.2, -0.15) is 13.2 Å². The van der Waals surface area contributed by atoms with Crippen molar-refractivity contribution < 1.29 is 22.7 Å². The molecule has 1 atom stereocenters. The highest BCUT2D eigenvalue weighted by Gasteiger charge is 2.39. The van der Waals surface area contributed by atoms with Crippen LogP contribution in [-0.4, -0.2) is 24.1 Å². The fourth-order valence-electron chi connectivity index (χ4n) is 0.482. The van der Waals surface area contributed by atoms with Gasteiger partial charge in [0.05, 0.1) is 13.0 Å². The molecule has 6 heteroatoms. The van der Waals surface area contributed by atoms with Crippen molar-refractivity contribution in [3.63, 3.8) is 0 Å². The number of hydrogen-bond donors (Lipinski definition) is 0. The monoisotopic (exact) mass is 204 g/mol. The SMILES string of the molecule is CCOC(=O)CC(Cl)C(F)(F)F. The van der Waals surface area contributed by atoms with E-state index in [4.69, 9.17) is 11.6 Å². The summed E-state index contributed by atoms with van der Waals surface area (Å²) < 4.78 is 39.4. The van der Waals surface area contributed by atoms with Crippen molar-refractivity contribution >= 4 is 17.6 Å². The van der Waals surface area contributed by atoms with Gasteiger partial charge in [0, 0.05) is 0 Å². The van der Waals surface area contributed by atoms with Crippen LogP contribution in [0.1, 0.15) is 13.3 Å². The Bertz CT molecular complexity index is 157. The number of esters is 1. The summed E-state index contributed by atoms with van der Waals surface area (Å²) in [4.78, 5) is 10.5. The third-order valence-corrected chi connectivity index (χ3v) is 1.41. The molecular weight excluding hydrogens is 197 g/mol. The molecule has 0 rings (SSSR count). The standard InChI is InChI=1S/C6H8ClF3O2/c1-2-12-5(11)3-4(7)6(8,9)10/h4H,2-3H2,1H3. The number of carbonyl (C=O) groups excluding carboxylic acids is 1. The van der Waals surface area contributed by atoms with E-state index in [9.17, 15) is 18.0 Å². The average molecular weight is 205 g/mol. The van der Waals surface area contributed by atoms with Gasteiger partial charge in [0.25, 0.3) is 0 Å². The third-order valence-electron chi connectivity index (χ3n) is 1.01. The maximum absolute atomic E-state index is 11.7. The molecule has 2 nitrogen and oxygen atoms in total. The molecule has 12 heavy (non-hydrogen) atoms. The first-order valence-corrected chi connectivity index (χ1v) is 3.68. The van der Waals surface area contributed by atoms with E-state index in [0.29, 0.717) is 0 Å². The number of ether oxygens (including phenoxy) is 1. The Morgan fingerprint density at radius 1 is 1.58 bits per heavy atom. The van der Waals surface area contributed by atoms with Gasteiger partial charge in [-0.25, -0.2) is 0 Å². The van der Waals surface area contributed by atoms with Crippen LogP contribution in [0.4, 0.5) is 13.2 Å². The minimum atomic E-state index is -4.55. The van der Waals surface area contributed by atoms with Crippen LogP contribution in [0.25, 0.3) is 0 Å². The molecule has 0 bridgehead atoms. The highest BCUT2D eigenvalue weighted by Crippen LogP contribution is 2.27. The summed E-state index contributed by atoms with van der Waals surface area (Å²) >= 11 is 4.86. The van der Waals surface area contributed by atoms with Gasteiger partial charge in [-0.3, -0.25) is 4.79 Å². The molecule has 0 aromatic carbocycles. The van der Waals surface area contributed by atoms with Gasteiger partial charge in [0.15, 0.2) is 0 Å². The Hall–Kier alpha value is -0.450. The first-order valence-electron chi connectivity index (χ1n) is 3.24. The van der Waals surface area contributed by atoms with Crippen molar-refractivity contribution in [2.75, 3.05) is 6.61 Å². The van der Waals surface area contributed by atoms with Crippen LogP contribution in [-0.2, 0) is 9.53 Å². The molecule has 0 heterocycles. The fraction of sp³-hybridized carbons (Fsp3) is 0.833. The van der Waals surface area contributed by atoms with Crippen molar-refractivity contribution in [2.45, 2.75) is 24.9 Å². The second-order valence-corrected chi connectivity index (χ2v) is 2.55. The van der Waals surface area contributed by atoms with Gasteiger partial charge >= 0.3 is 12.1 Å². The Morgan fingerprint density at radius 3 is 2.42 bits per heavy atom. The lowest BCUT2D eigenvalue weighted by molar-refractivity contribution is -0.155. The minimum Gasteiger partial charge on any atom is -0.466 e. The zero-order chi connectivity index (χ0) is 9.78. The van der Waals surface area contributed by atoms with Crippen molar-refractivity contribution in [3.8, 4) is 0 Å².